The van der Waals surface area contributed by atoms with E-state index in [0.717, 1.165) is 33.5 Å². The van der Waals surface area contributed by atoms with E-state index in [4.69, 9.17) is 0 Å². The zero-order valence-electron chi connectivity index (χ0n) is 12.0. The standard InChI is InChI=1S/C15H5Br11/c16-8-7(9(17)11(19)12(20)10(8)18)14(23,24)15(25,26)13(21,22)6-4-2-1-3-5-6/h1-5H. The highest BCUT2D eigenvalue weighted by Crippen LogP contribution is 2.69. The van der Waals surface area contributed by atoms with Crippen molar-refractivity contribution in [2.45, 2.75) is 9.70 Å². The van der Waals surface area contributed by atoms with Gasteiger partial charge < -0.3 is 0 Å². The molecule has 2 aromatic carbocycles. The van der Waals surface area contributed by atoms with Crippen LogP contribution in [0.3, 0.4) is 0 Å². The monoisotopic (exact) mass is 1050 g/mol. The third-order valence-electron chi connectivity index (χ3n) is 3.45. The van der Waals surface area contributed by atoms with Crippen molar-refractivity contribution in [1.82, 2.24) is 0 Å². The normalized spacial score (nSPS) is 13.2. The van der Waals surface area contributed by atoms with Crippen LogP contribution in [0.25, 0.3) is 0 Å². The fourth-order valence-electron chi connectivity index (χ4n) is 2.06. The zero-order valence-corrected chi connectivity index (χ0v) is 29.5. The molecule has 0 nitrogen and oxygen atoms in total. The number of hydrogen-bond donors (Lipinski definition) is 0. The number of rotatable bonds is 4. The summed E-state index contributed by atoms with van der Waals surface area (Å²) < 4.78 is 2.20. The van der Waals surface area contributed by atoms with Crippen molar-refractivity contribution in [2.75, 3.05) is 0 Å². The SMILES string of the molecule is Brc1c(Br)c(Br)c(C(Br)(Br)C(Br)(Br)C(Br)(Br)c2ccccc2)c(Br)c1Br. The second kappa shape index (κ2) is 9.69. The highest BCUT2D eigenvalue weighted by molar-refractivity contribution is 9.32. The average molecular weight is 1060 g/mol. The van der Waals surface area contributed by atoms with Gasteiger partial charge in [-0.15, -0.1) is 0 Å². The molecule has 2 rings (SSSR count). The maximum atomic E-state index is 3.89. The molecule has 11 heteroatoms. The summed E-state index contributed by atoms with van der Waals surface area (Å²) in [5.74, 6) is 0. The minimum Gasteiger partial charge on any atom is -0.0669 e. The van der Waals surface area contributed by atoms with E-state index < -0.39 is 9.70 Å². The van der Waals surface area contributed by atoms with Crippen LogP contribution in [-0.2, 0) is 6.47 Å². The lowest BCUT2D eigenvalue weighted by atomic mass is 10.0. The Hall–Kier alpha value is 3.72. The van der Waals surface area contributed by atoms with E-state index >= 15 is 0 Å². The number of alkyl halides is 6. The molecule has 0 aliphatic rings. The van der Waals surface area contributed by atoms with Gasteiger partial charge in [-0.2, -0.15) is 0 Å². The quantitative estimate of drug-likeness (QED) is 0.163. The molecule has 0 heterocycles. The summed E-state index contributed by atoms with van der Waals surface area (Å²) in [6.07, 6.45) is 0. The molecule has 0 bridgehead atoms. The molecular weight excluding hydrogens is 1060 g/mol. The van der Waals surface area contributed by atoms with Crippen molar-refractivity contribution < 1.29 is 0 Å². The van der Waals surface area contributed by atoms with Crippen LogP contribution >= 0.6 is 175 Å². The third-order valence-corrected chi connectivity index (χ3v) is 20.3. The van der Waals surface area contributed by atoms with Crippen LogP contribution in [0.4, 0.5) is 0 Å². The first-order chi connectivity index (χ1) is 11.8. The lowest BCUT2D eigenvalue weighted by Crippen LogP contribution is -2.44. The molecule has 0 radical (unpaired) electrons. The van der Waals surface area contributed by atoms with Gasteiger partial charge in [0.15, 0.2) is 0 Å². The summed E-state index contributed by atoms with van der Waals surface area (Å²) in [6, 6.07) is 10.0. The van der Waals surface area contributed by atoms with E-state index in [1.807, 2.05) is 30.3 Å². The van der Waals surface area contributed by atoms with Crippen LogP contribution in [0.15, 0.2) is 52.7 Å². The largest absolute Gasteiger partial charge is 0.139 e. The van der Waals surface area contributed by atoms with Gasteiger partial charge in [-0.1, -0.05) is 126 Å². The molecule has 0 aromatic heterocycles. The molecule has 26 heavy (non-hydrogen) atoms. The Kier molecular flexibility index (Phi) is 9.68. The predicted octanol–water partition coefficient (Wildman–Crippen LogP) is 11.6. The summed E-state index contributed by atoms with van der Waals surface area (Å²) in [5, 5.41) is 0. The maximum absolute atomic E-state index is 3.89. The summed E-state index contributed by atoms with van der Waals surface area (Å²) in [7, 11) is 0. The molecular formula is C15H5Br11. The minimum atomic E-state index is -0.779. The van der Waals surface area contributed by atoms with Gasteiger partial charge in [-0.25, -0.2) is 0 Å². The molecule has 0 aliphatic carbocycles. The van der Waals surface area contributed by atoms with E-state index in [0.29, 0.717) is 0 Å². The summed E-state index contributed by atoms with van der Waals surface area (Å²) in [5.41, 5.74) is 1.95. The first kappa shape index (κ1) is 26.0. The van der Waals surface area contributed by atoms with Gasteiger partial charge in [-0.3, -0.25) is 0 Å². The van der Waals surface area contributed by atoms with Crippen LogP contribution in [0.5, 0.6) is 0 Å². The van der Waals surface area contributed by atoms with Gasteiger partial charge >= 0.3 is 0 Å². The van der Waals surface area contributed by atoms with E-state index in [-0.39, 0.29) is 0 Å². The minimum absolute atomic E-state index is 0.674. The van der Waals surface area contributed by atoms with Crippen molar-refractivity contribution in [3.63, 3.8) is 0 Å². The molecule has 2 aromatic rings. The van der Waals surface area contributed by atoms with Crippen molar-refractivity contribution in [3.8, 4) is 0 Å². The zero-order chi connectivity index (χ0) is 20.1. The van der Waals surface area contributed by atoms with E-state index in [1.54, 1.807) is 0 Å². The fraction of sp³-hybridized carbons (Fsp3) is 0.200. The number of halogens is 11. The Balaban J connectivity index is 2.74. The molecule has 0 N–H and O–H groups in total. The van der Waals surface area contributed by atoms with Gasteiger partial charge in [0.1, 0.15) is 9.70 Å². The molecule has 142 valence electrons. The van der Waals surface area contributed by atoms with Gasteiger partial charge in [0.05, 0.1) is 0 Å². The van der Waals surface area contributed by atoms with Crippen molar-refractivity contribution in [1.29, 1.82) is 0 Å². The Labute approximate surface area is 244 Å². The van der Waals surface area contributed by atoms with E-state index in [1.165, 1.54) is 0 Å². The second-order valence-corrected chi connectivity index (χ2v) is 19.3. The average Bonchev–Trinajstić information content (AvgIpc) is 2.58. The van der Waals surface area contributed by atoms with E-state index in [2.05, 4.69) is 175 Å². The number of hydrogen-bond acceptors (Lipinski definition) is 0. The molecule has 0 amide bonds. The van der Waals surface area contributed by atoms with Crippen LogP contribution < -0.4 is 0 Å². The van der Waals surface area contributed by atoms with Crippen LogP contribution in [-0.4, -0.2) is 3.23 Å². The van der Waals surface area contributed by atoms with Crippen molar-refractivity contribution >= 4 is 175 Å². The molecule has 0 unspecified atom stereocenters. The highest BCUT2D eigenvalue weighted by atomic mass is 79.9. The first-order valence-corrected chi connectivity index (χ1v) is 15.2. The predicted molar refractivity (Wildman–Crippen MR) is 151 cm³/mol. The van der Waals surface area contributed by atoms with Crippen LogP contribution in [0.1, 0.15) is 11.1 Å². The second-order valence-electron chi connectivity index (χ2n) is 5.03. The lowest BCUT2D eigenvalue weighted by molar-refractivity contribution is 0.730. The Morgan fingerprint density at radius 1 is 0.500 bits per heavy atom. The third kappa shape index (κ3) is 4.58. The fourth-order valence-corrected chi connectivity index (χ4v) is 11.2. The lowest BCUT2D eigenvalue weighted by Gasteiger charge is -2.44. The Morgan fingerprint density at radius 3 is 1.31 bits per heavy atom. The Morgan fingerprint density at radius 2 is 0.885 bits per heavy atom. The van der Waals surface area contributed by atoms with E-state index in [9.17, 15) is 0 Å². The molecule has 0 saturated carbocycles. The number of benzene rings is 2. The van der Waals surface area contributed by atoms with Gasteiger partial charge in [0.25, 0.3) is 0 Å². The molecule has 0 fully saturated rings. The topological polar surface area (TPSA) is 0 Å². The Bertz CT molecular complexity index is 798. The molecule has 0 aliphatic heterocycles. The summed E-state index contributed by atoms with van der Waals surface area (Å²) >= 11 is 41.5. The van der Waals surface area contributed by atoms with Crippen LogP contribution in [0.2, 0.25) is 0 Å². The molecule has 0 atom stereocenters. The molecule has 0 spiro atoms. The van der Waals surface area contributed by atoms with Gasteiger partial charge in [-0.05, 0) is 85.2 Å². The summed E-state index contributed by atoms with van der Waals surface area (Å²) in [4.78, 5) is 0. The van der Waals surface area contributed by atoms with Crippen molar-refractivity contribution in [3.05, 3.63) is 63.8 Å². The first-order valence-electron chi connectivity index (χ1n) is 6.49. The smallest absolute Gasteiger partial charge is 0.0669 e. The van der Waals surface area contributed by atoms with Gasteiger partial charge in [0, 0.05) is 27.9 Å². The van der Waals surface area contributed by atoms with Gasteiger partial charge in [0.2, 0.25) is 0 Å². The summed E-state index contributed by atoms with van der Waals surface area (Å²) in [6.45, 7) is 0. The van der Waals surface area contributed by atoms with Crippen molar-refractivity contribution in [2.24, 2.45) is 0 Å². The highest BCUT2D eigenvalue weighted by Gasteiger charge is 2.60. The maximum Gasteiger partial charge on any atom is 0.139 e. The molecule has 0 saturated heterocycles. The van der Waals surface area contributed by atoms with Crippen LogP contribution in [0, 0.1) is 0 Å².